The van der Waals surface area contributed by atoms with E-state index in [1.165, 1.54) is 0 Å². The van der Waals surface area contributed by atoms with E-state index in [1.54, 1.807) is 16.2 Å². The second-order valence-corrected chi connectivity index (χ2v) is 7.04. The lowest BCUT2D eigenvalue weighted by molar-refractivity contribution is -0.138. The van der Waals surface area contributed by atoms with Crippen molar-refractivity contribution in [1.29, 1.82) is 0 Å². The Hall–Kier alpha value is -1.08. The third kappa shape index (κ3) is 2.01. The maximum atomic E-state index is 11.8. The van der Waals surface area contributed by atoms with Crippen LogP contribution in [-0.4, -0.2) is 34.6 Å². The van der Waals surface area contributed by atoms with E-state index in [0.717, 1.165) is 8.66 Å². The van der Waals surface area contributed by atoms with Gasteiger partial charge >= 0.3 is 12.0 Å². The van der Waals surface area contributed by atoms with Gasteiger partial charge in [-0.2, -0.15) is 0 Å². The average molecular weight is 331 g/mol. The molecule has 3 unspecified atom stereocenters. The maximum Gasteiger partial charge on any atom is 0.318 e. The highest BCUT2D eigenvalue weighted by Crippen LogP contribution is 2.39. The summed E-state index contributed by atoms with van der Waals surface area (Å²) < 4.78 is 1.03. The van der Waals surface area contributed by atoms with Crippen LogP contribution in [0.1, 0.15) is 17.3 Å². The number of urea groups is 1. The van der Waals surface area contributed by atoms with Gasteiger partial charge in [0.25, 0.3) is 0 Å². The van der Waals surface area contributed by atoms with E-state index in [9.17, 15) is 9.59 Å². The van der Waals surface area contributed by atoms with E-state index in [2.05, 4.69) is 21.2 Å². The molecule has 1 saturated carbocycles. The van der Waals surface area contributed by atoms with Crippen molar-refractivity contribution in [3.05, 3.63) is 20.8 Å². The molecule has 3 atom stereocenters. The van der Waals surface area contributed by atoms with Crippen LogP contribution in [0.5, 0.6) is 0 Å². The molecule has 2 N–H and O–H groups in total. The van der Waals surface area contributed by atoms with Crippen molar-refractivity contribution in [2.75, 3.05) is 6.54 Å². The first-order valence-corrected chi connectivity index (χ1v) is 7.22. The number of halogens is 1. The van der Waals surface area contributed by atoms with Gasteiger partial charge in [0.1, 0.15) is 0 Å². The summed E-state index contributed by atoms with van der Waals surface area (Å²) in [7, 11) is 0. The first kappa shape index (κ1) is 12.0. The summed E-state index contributed by atoms with van der Waals surface area (Å²) in [5, 5.41) is 11.8. The highest BCUT2D eigenvalue weighted by molar-refractivity contribution is 9.11. The highest BCUT2D eigenvalue weighted by atomic mass is 79.9. The second kappa shape index (κ2) is 4.24. The summed E-state index contributed by atoms with van der Waals surface area (Å²) in [4.78, 5) is 25.4. The summed E-state index contributed by atoms with van der Waals surface area (Å²) in [5.41, 5.74) is 0. The Morgan fingerprint density at radius 1 is 1.56 bits per heavy atom. The summed E-state index contributed by atoms with van der Waals surface area (Å²) in [5.74, 6) is -1.19. The lowest BCUT2D eigenvalue weighted by Gasteiger charge is -2.13. The molecule has 0 bridgehead atoms. The van der Waals surface area contributed by atoms with E-state index in [4.69, 9.17) is 5.11 Å². The van der Waals surface area contributed by atoms with Crippen molar-refractivity contribution in [2.24, 2.45) is 5.92 Å². The fourth-order valence-corrected chi connectivity index (χ4v) is 3.78. The fraction of sp³-hybridized carbons (Fsp3) is 0.455. The van der Waals surface area contributed by atoms with Crippen LogP contribution in [0.4, 0.5) is 4.79 Å². The van der Waals surface area contributed by atoms with Gasteiger partial charge in [0, 0.05) is 17.5 Å². The Morgan fingerprint density at radius 3 is 2.89 bits per heavy atom. The normalized spacial score (nSPS) is 30.4. The van der Waals surface area contributed by atoms with Gasteiger partial charge in [-0.05, 0) is 34.5 Å². The van der Waals surface area contributed by atoms with E-state index in [1.807, 2.05) is 12.1 Å². The third-order valence-electron chi connectivity index (χ3n) is 3.35. The van der Waals surface area contributed by atoms with Crippen molar-refractivity contribution >= 4 is 39.3 Å². The zero-order chi connectivity index (χ0) is 12.9. The van der Waals surface area contributed by atoms with Gasteiger partial charge in [-0.1, -0.05) is 0 Å². The van der Waals surface area contributed by atoms with Crippen LogP contribution in [0.15, 0.2) is 15.9 Å². The van der Waals surface area contributed by atoms with Gasteiger partial charge in [0.05, 0.1) is 15.7 Å². The van der Waals surface area contributed by atoms with E-state index >= 15 is 0 Å². The molecule has 96 valence electrons. The minimum Gasteiger partial charge on any atom is -0.481 e. The summed E-state index contributed by atoms with van der Waals surface area (Å²) >= 11 is 4.98. The number of nitrogens with one attached hydrogen (secondary N) is 1. The zero-order valence-corrected chi connectivity index (χ0v) is 11.7. The van der Waals surface area contributed by atoms with Crippen LogP contribution in [-0.2, 0) is 4.79 Å². The number of thiophene rings is 1. The molecule has 0 radical (unpaired) electrons. The van der Waals surface area contributed by atoms with Crippen molar-refractivity contribution in [1.82, 2.24) is 10.2 Å². The Balaban J connectivity index is 1.70. The summed E-state index contributed by atoms with van der Waals surface area (Å²) in [6.45, 7) is 0.556. The molecule has 0 spiro atoms. The summed E-state index contributed by atoms with van der Waals surface area (Å²) in [6.07, 6.45) is 0.573. The molecule has 18 heavy (non-hydrogen) atoms. The predicted molar refractivity (Wildman–Crippen MR) is 69.5 cm³/mol. The Bertz CT molecular complexity index is 518. The van der Waals surface area contributed by atoms with Crippen molar-refractivity contribution in [3.8, 4) is 0 Å². The van der Waals surface area contributed by atoms with Crippen molar-refractivity contribution < 1.29 is 14.7 Å². The molecule has 3 rings (SSSR count). The smallest absolute Gasteiger partial charge is 0.318 e. The number of aliphatic carboxylic acids is 1. The lowest BCUT2D eigenvalue weighted by Crippen LogP contribution is -2.32. The number of carboxylic acid groups (broad SMARTS) is 1. The number of carbonyl (C=O) groups is 2. The van der Waals surface area contributed by atoms with E-state index in [-0.39, 0.29) is 24.0 Å². The lowest BCUT2D eigenvalue weighted by atomic mass is 10.2. The number of amides is 2. The second-order valence-electron chi connectivity index (χ2n) is 4.54. The molecule has 1 aromatic heterocycles. The molecular formula is C11H11BrN2O3S. The summed E-state index contributed by atoms with van der Waals surface area (Å²) in [6, 6.07) is 3.62. The van der Waals surface area contributed by atoms with Crippen LogP contribution >= 0.6 is 27.3 Å². The molecule has 1 aromatic rings. The maximum absolute atomic E-state index is 11.8. The molecule has 1 aliphatic carbocycles. The van der Waals surface area contributed by atoms with E-state index < -0.39 is 5.97 Å². The van der Waals surface area contributed by atoms with Crippen LogP contribution in [0, 0.1) is 5.92 Å². The molecular weight excluding hydrogens is 320 g/mol. The number of rotatable bonds is 3. The molecule has 2 heterocycles. The third-order valence-corrected chi connectivity index (χ3v) is 5.09. The molecule has 1 saturated heterocycles. The first-order chi connectivity index (χ1) is 8.56. The van der Waals surface area contributed by atoms with Gasteiger partial charge in [0.15, 0.2) is 0 Å². The number of hydrogen-bond acceptors (Lipinski definition) is 3. The van der Waals surface area contributed by atoms with Crippen molar-refractivity contribution in [3.63, 3.8) is 0 Å². The molecule has 5 nitrogen and oxygen atoms in total. The van der Waals surface area contributed by atoms with Crippen molar-refractivity contribution in [2.45, 2.75) is 18.5 Å². The van der Waals surface area contributed by atoms with Crippen LogP contribution in [0.25, 0.3) is 0 Å². The van der Waals surface area contributed by atoms with Crippen LogP contribution in [0.2, 0.25) is 0 Å². The molecule has 2 fully saturated rings. The molecule has 2 aliphatic rings. The van der Waals surface area contributed by atoms with Gasteiger partial charge in [-0.15, -0.1) is 11.3 Å². The number of hydrogen-bond donors (Lipinski definition) is 2. The quantitative estimate of drug-likeness (QED) is 0.891. The number of nitrogens with zero attached hydrogens (tertiary/aromatic N) is 1. The fourth-order valence-electron chi connectivity index (χ4n) is 2.31. The monoisotopic (exact) mass is 330 g/mol. The topological polar surface area (TPSA) is 69.6 Å². The Kier molecular flexibility index (Phi) is 2.82. The van der Waals surface area contributed by atoms with Gasteiger partial charge in [-0.25, -0.2) is 4.79 Å². The van der Waals surface area contributed by atoms with Gasteiger partial charge in [0.2, 0.25) is 0 Å². The Morgan fingerprint density at radius 2 is 2.33 bits per heavy atom. The molecule has 2 amide bonds. The number of carboxylic acids is 1. The minimum absolute atomic E-state index is 0.0242. The largest absolute Gasteiger partial charge is 0.481 e. The number of carbonyl (C=O) groups excluding carboxylic acids is 1. The van der Waals surface area contributed by atoms with Crippen LogP contribution in [0.3, 0.4) is 0 Å². The first-order valence-electron chi connectivity index (χ1n) is 5.61. The highest BCUT2D eigenvalue weighted by Gasteiger charge is 2.51. The zero-order valence-electron chi connectivity index (χ0n) is 9.30. The molecule has 0 aromatic carbocycles. The molecule has 7 heteroatoms. The van der Waals surface area contributed by atoms with Gasteiger partial charge in [-0.3, -0.25) is 4.79 Å². The van der Waals surface area contributed by atoms with Gasteiger partial charge < -0.3 is 15.3 Å². The average Bonchev–Trinajstić information content (AvgIpc) is 2.85. The predicted octanol–water partition coefficient (Wildman–Crippen LogP) is 2.05. The standard InChI is InChI=1S/C11H11BrN2O3S/c12-9-2-1-8(18-9)6-4-14(11(17)13-6)7-3-5(7)10(15)16/h1-2,5-7H,3-4H2,(H,13,17)(H,15,16). The SMILES string of the molecule is O=C(O)C1CC1N1CC(c2ccc(Br)s2)NC1=O. The Labute approximate surface area is 116 Å². The minimum atomic E-state index is -0.810. The van der Waals surface area contributed by atoms with E-state index in [0.29, 0.717) is 13.0 Å². The van der Waals surface area contributed by atoms with Crippen LogP contribution < -0.4 is 5.32 Å². The molecule has 1 aliphatic heterocycles.